The van der Waals surface area contributed by atoms with Gasteiger partial charge in [-0.15, -0.1) is 0 Å². The number of amides is 1. The average molecular weight is 395 g/mol. The molecule has 150 valence electrons. The molecule has 1 aliphatic carbocycles. The summed E-state index contributed by atoms with van der Waals surface area (Å²) in [6.45, 7) is 8.42. The van der Waals surface area contributed by atoms with Crippen LogP contribution in [0, 0.1) is 0 Å². The Labute approximate surface area is 163 Å². The van der Waals surface area contributed by atoms with Crippen molar-refractivity contribution in [2.75, 3.05) is 26.2 Å². The van der Waals surface area contributed by atoms with Crippen molar-refractivity contribution in [3.8, 4) is 0 Å². The fourth-order valence-electron chi connectivity index (χ4n) is 3.54. The summed E-state index contributed by atoms with van der Waals surface area (Å²) in [5.41, 5.74) is 1.17. The van der Waals surface area contributed by atoms with Crippen LogP contribution in [0.3, 0.4) is 0 Å². The Morgan fingerprint density at radius 2 is 1.78 bits per heavy atom. The standard InChI is InChI=1S/C20H31N3O3S/c1-4-15(2)17-5-9-19(10-6-17)27(25,26)23-13-11-22(12-14-23)16(3)20(24)21-18-7-8-18/h5-6,9-10,15-16,18H,4,7-8,11-14H2,1-3H3,(H,21,24)/p+1/t15-,16+/m1/s1. The summed E-state index contributed by atoms with van der Waals surface area (Å²) in [7, 11) is -3.47. The van der Waals surface area contributed by atoms with Gasteiger partial charge in [0.05, 0.1) is 31.1 Å². The molecule has 0 radical (unpaired) electrons. The number of benzene rings is 1. The van der Waals surface area contributed by atoms with Gasteiger partial charge in [-0.25, -0.2) is 8.42 Å². The van der Waals surface area contributed by atoms with Crippen LogP contribution >= 0.6 is 0 Å². The molecule has 0 bridgehead atoms. The van der Waals surface area contributed by atoms with Crippen molar-refractivity contribution in [1.82, 2.24) is 9.62 Å². The average Bonchev–Trinajstić information content (AvgIpc) is 3.51. The number of quaternary nitrogens is 1. The van der Waals surface area contributed by atoms with Crippen LogP contribution < -0.4 is 10.2 Å². The van der Waals surface area contributed by atoms with Crippen LogP contribution in [-0.4, -0.2) is 56.9 Å². The number of hydrogen-bond acceptors (Lipinski definition) is 3. The van der Waals surface area contributed by atoms with Crippen LogP contribution in [0.2, 0.25) is 0 Å². The molecule has 2 atom stereocenters. The minimum absolute atomic E-state index is 0.0874. The molecule has 2 fully saturated rings. The molecule has 1 saturated heterocycles. The van der Waals surface area contributed by atoms with Gasteiger partial charge in [-0.3, -0.25) is 4.79 Å². The Hall–Kier alpha value is -1.44. The maximum absolute atomic E-state index is 12.9. The van der Waals surface area contributed by atoms with Crippen LogP contribution in [0.15, 0.2) is 29.2 Å². The molecule has 0 spiro atoms. The second-order valence-electron chi connectivity index (χ2n) is 7.95. The van der Waals surface area contributed by atoms with E-state index in [1.807, 2.05) is 19.1 Å². The first-order valence-electron chi connectivity index (χ1n) is 10.1. The van der Waals surface area contributed by atoms with Gasteiger partial charge in [-0.1, -0.05) is 26.0 Å². The highest BCUT2D eigenvalue weighted by atomic mass is 32.2. The zero-order chi connectivity index (χ0) is 19.6. The molecule has 27 heavy (non-hydrogen) atoms. The maximum Gasteiger partial charge on any atom is 0.278 e. The van der Waals surface area contributed by atoms with E-state index >= 15 is 0 Å². The zero-order valence-electron chi connectivity index (χ0n) is 16.6. The lowest BCUT2D eigenvalue weighted by molar-refractivity contribution is -0.917. The number of rotatable bonds is 7. The van der Waals surface area contributed by atoms with E-state index in [2.05, 4.69) is 19.2 Å². The molecule has 1 aromatic rings. The van der Waals surface area contributed by atoms with E-state index in [0.29, 0.717) is 43.0 Å². The predicted octanol–water partition coefficient (Wildman–Crippen LogP) is 0.756. The molecule has 2 aliphatic rings. The lowest BCUT2D eigenvalue weighted by atomic mass is 9.99. The minimum atomic E-state index is -3.47. The molecule has 3 rings (SSSR count). The van der Waals surface area contributed by atoms with E-state index in [-0.39, 0.29) is 11.9 Å². The van der Waals surface area contributed by atoms with Gasteiger partial charge in [0.1, 0.15) is 0 Å². The maximum atomic E-state index is 12.9. The number of sulfonamides is 1. The van der Waals surface area contributed by atoms with Gasteiger partial charge < -0.3 is 10.2 Å². The van der Waals surface area contributed by atoms with Crippen molar-refractivity contribution in [2.45, 2.75) is 62.9 Å². The van der Waals surface area contributed by atoms with E-state index in [9.17, 15) is 13.2 Å². The van der Waals surface area contributed by atoms with E-state index in [1.165, 1.54) is 5.56 Å². The van der Waals surface area contributed by atoms with Crippen LogP contribution in [0.1, 0.15) is 51.5 Å². The topological polar surface area (TPSA) is 70.9 Å². The first-order chi connectivity index (χ1) is 12.8. The van der Waals surface area contributed by atoms with Crippen LogP contribution in [-0.2, 0) is 14.8 Å². The van der Waals surface area contributed by atoms with E-state index in [4.69, 9.17) is 0 Å². The number of carbonyl (C=O) groups excluding carboxylic acids is 1. The monoisotopic (exact) mass is 394 g/mol. The second kappa shape index (κ2) is 8.29. The molecule has 1 amide bonds. The Kier molecular flexibility index (Phi) is 6.23. The summed E-state index contributed by atoms with van der Waals surface area (Å²) in [4.78, 5) is 13.8. The molecular formula is C20H32N3O3S+. The van der Waals surface area contributed by atoms with Crippen molar-refractivity contribution < 1.29 is 18.1 Å². The second-order valence-corrected chi connectivity index (χ2v) is 9.88. The quantitative estimate of drug-likeness (QED) is 0.717. The third-order valence-electron chi connectivity index (χ3n) is 5.99. The third-order valence-corrected chi connectivity index (χ3v) is 7.91. The summed E-state index contributed by atoms with van der Waals surface area (Å²) in [5.74, 6) is 0.515. The van der Waals surface area contributed by atoms with Gasteiger partial charge in [0, 0.05) is 6.04 Å². The van der Waals surface area contributed by atoms with E-state index in [1.54, 1.807) is 16.4 Å². The molecule has 1 aromatic carbocycles. The number of hydrogen-bond donors (Lipinski definition) is 2. The molecule has 1 aliphatic heterocycles. The van der Waals surface area contributed by atoms with Crippen molar-refractivity contribution >= 4 is 15.9 Å². The Balaban J connectivity index is 1.59. The molecule has 2 N–H and O–H groups in total. The molecular weight excluding hydrogens is 362 g/mol. The largest absolute Gasteiger partial charge is 0.348 e. The SMILES string of the molecule is CC[C@@H](C)c1ccc(S(=O)(=O)N2CC[NH+]([C@@H](C)C(=O)NC3CC3)CC2)cc1. The smallest absolute Gasteiger partial charge is 0.278 e. The van der Waals surface area contributed by atoms with Gasteiger partial charge in [0.2, 0.25) is 10.0 Å². The highest BCUT2D eigenvalue weighted by Gasteiger charge is 2.35. The van der Waals surface area contributed by atoms with Crippen molar-refractivity contribution in [3.63, 3.8) is 0 Å². The number of nitrogens with zero attached hydrogens (tertiary/aromatic N) is 1. The van der Waals surface area contributed by atoms with Gasteiger partial charge in [0.15, 0.2) is 6.04 Å². The summed E-state index contributed by atoms with van der Waals surface area (Å²) >= 11 is 0. The van der Waals surface area contributed by atoms with Gasteiger partial charge >= 0.3 is 0 Å². The highest BCUT2D eigenvalue weighted by Crippen LogP contribution is 2.22. The van der Waals surface area contributed by atoms with Crippen molar-refractivity contribution in [3.05, 3.63) is 29.8 Å². The van der Waals surface area contributed by atoms with Gasteiger partial charge in [-0.05, 0) is 49.8 Å². The first kappa shape index (κ1) is 20.3. The Morgan fingerprint density at radius 3 is 2.30 bits per heavy atom. The lowest BCUT2D eigenvalue weighted by Gasteiger charge is -2.34. The number of nitrogens with one attached hydrogen (secondary N) is 2. The molecule has 0 aromatic heterocycles. The lowest BCUT2D eigenvalue weighted by Crippen LogP contribution is -3.19. The van der Waals surface area contributed by atoms with Crippen molar-refractivity contribution in [1.29, 1.82) is 0 Å². The van der Waals surface area contributed by atoms with E-state index < -0.39 is 10.0 Å². The fourth-order valence-corrected chi connectivity index (χ4v) is 4.98. The molecule has 1 heterocycles. The Morgan fingerprint density at radius 1 is 1.19 bits per heavy atom. The van der Waals surface area contributed by atoms with Gasteiger partial charge in [-0.2, -0.15) is 4.31 Å². The zero-order valence-corrected chi connectivity index (χ0v) is 17.4. The normalized spacial score (nSPS) is 21.6. The molecule has 6 nitrogen and oxygen atoms in total. The molecule has 1 saturated carbocycles. The van der Waals surface area contributed by atoms with E-state index in [0.717, 1.165) is 24.2 Å². The highest BCUT2D eigenvalue weighted by molar-refractivity contribution is 7.89. The van der Waals surface area contributed by atoms with Gasteiger partial charge in [0.25, 0.3) is 5.91 Å². The first-order valence-corrected chi connectivity index (χ1v) is 11.5. The number of piperazine rings is 1. The molecule has 0 unspecified atom stereocenters. The fraction of sp³-hybridized carbons (Fsp3) is 0.650. The molecule has 7 heteroatoms. The Bertz CT molecular complexity index is 751. The summed E-state index contributed by atoms with van der Waals surface area (Å²) < 4.78 is 27.4. The summed E-state index contributed by atoms with van der Waals surface area (Å²) in [5, 5.41) is 3.05. The predicted molar refractivity (Wildman–Crippen MR) is 105 cm³/mol. The summed E-state index contributed by atoms with van der Waals surface area (Å²) in [6, 6.07) is 7.52. The number of carbonyl (C=O) groups is 1. The van der Waals surface area contributed by atoms with Crippen LogP contribution in [0.4, 0.5) is 0 Å². The van der Waals surface area contributed by atoms with Crippen molar-refractivity contribution in [2.24, 2.45) is 0 Å². The summed E-state index contributed by atoms with van der Waals surface area (Å²) in [6.07, 6.45) is 3.19. The third kappa shape index (κ3) is 4.70. The van der Waals surface area contributed by atoms with Crippen LogP contribution in [0.25, 0.3) is 0 Å². The minimum Gasteiger partial charge on any atom is -0.348 e. The van der Waals surface area contributed by atoms with Crippen LogP contribution in [0.5, 0.6) is 0 Å².